The van der Waals surface area contributed by atoms with Crippen molar-refractivity contribution in [1.82, 2.24) is 15.2 Å². The van der Waals surface area contributed by atoms with Crippen molar-refractivity contribution in [3.8, 4) is 11.1 Å². The summed E-state index contributed by atoms with van der Waals surface area (Å²) in [5.41, 5.74) is 8.34. The van der Waals surface area contributed by atoms with Gasteiger partial charge in [0.2, 0.25) is 0 Å². The van der Waals surface area contributed by atoms with Crippen LogP contribution in [-0.4, -0.2) is 62.5 Å². The first-order chi connectivity index (χ1) is 20.7. The number of aromatic nitrogens is 1. The molecule has 2 heterocycles. The molecule has 2 fully saturated rings. The number of carbonyl (C=O) groups is 1. The number of ether oxygens (including phenoxy) is 1. The van der Waals surface area contributed by atoms with E-state index < -0.39 is 0 Å². The third kappa shape index (κ3) is 7.42. The number of hydrogen-bond acceptors (Lipinski definition) is 5. The molecule has 0 radical (unpaired) electrons. The summed E-state index contributed by atoms with van der Waals surface area (Å²) in [6.45, 7) is 13.6. The topological polar surface area (TPSA) is 77.7 Å². The Kier molecular flexibility index (Phi) is 10.1. The smallest absolute Gasteiger partial charge is 0.253 e. The summed E-state index contributed by atoms with van der Waals surface area (Å²) >= 11 is 0. The zero-order chi connectivity index (χ0) is 30.5. The number of nitrogens with zero attached hydrogens (tertiary/aromatic N) is 2. The van der Waals surface area contributed by atoms with Crippen LogP contribution in [-0.2, 0) is 17.8 Å². The molecular weight excluding hydrogens is 535 g/mol. The van der Waals surface area contributed by atoms with Gasteiger partial charge in [0.25, 0.3) is 11.5 Å². The van der Waals surface area contributed by atoms with Crippen LogP contribution in [0.1, 0.15) is 70.9 Å². The van der Waals surface area contributed by atoms with Crippen molar-refractivity contribution in [2.24, 2.45) is 0 Å². The van der Waals surface area contributed by atoms with E-state index in [1.54, 1.807) is 0 Å². The predicted octanol–water partition coefficient (Wildman–Crippen LogP) is 4.92. The van der Waals surface area contributed by atoms with Gasteiger partial charge in [0.05, 0.1) is 13.2 Å². The van der Waals surface area contributed by atoms with Crippen LogP contribution in [0, 0.1) is 20.8 Å². The molecule has 0 atom stereocenters. The van der Waals surface area contributed by atoms with E-state index in [-0.39, 0.29) is 18.0 Å². The number of rotatable bonds is 9. The molecular formula is C35H47BN4O3. The first-order valence-electron chi connectivity index (χ1n) is 16.0. The van der Waals surface area contributed by atoms with E-state index in [2.05, 4.69) is 72.1 Å². The van der Waals surface area contributed by atoms with Crippen LogP contribution in [0.25, 0.3) is 11.1 Å². The molecule has 0 bridgehead atoms. The van der Waals surface area contributed by atoms with Crippen LogP contribution < -0.4 is 15.8 Å². The molecule has 5 rings (SSSR count). The molecule has 7 nitrogen and oxygen atoms in total. The molecule has 1 aromatic heterocycles. The number of hydrogen-bond donors (Lipinski definition) is 2. The van der Waals surface area contributed by atoms with Crippen LogP contribution >= 0.6 is 0 Å². The van der Waals surface area contributed by atoms with Gasteiger partial charge in [-0.3, -0.25) is 14.5 Å². The van der Waals surface area contributed by atoms with Gasteiger partial charge >= 0.3 is 0 Å². The van der Waals surface area contributed by atoms with Crippen molar-refractivity contribution in [2.75, 3.05) is 37.7 Å². The number of amides is 1. The van der Waals surface area contributed by atoms with Gasteiger partial charge in [0.1, 0.15) is 7.85 Å². The average molecular weight is 583 g/mol. The summed E-state index contributed by atoms with van der Waals surface area (Å²) in [6, 6.07) is 15.5. The Morgan fingerprint density at radius 1 is 1.02 bits per heavy atom. The third-order valence-corrected chi connectivity index (χ3v) is 9.42. The molecule has 3 aromatic rings. The van der Waals surface area contributed by atoms with Crippen molar-refractivity contribution >= 4 is 19.4 Å². The standard InChI is InChI=1S/C35H47BN4O3/c1-5-40(30-12-10-29(36)11-13-30)33-20-28(27-8-6-26(7-9-27)22-39-14-16-43-17-15-39)19-31(25(33)4)34(41)37-21-32-23(2)18-24(3)38-35(32)42/h6-9,18-20,29-30H,5,10-17,21-22,36H2,1-4H3,(H,37,41)(H,38,42). The number of pyridine rings is 1. The number of aromatic amines is 1. The highest BCUT2D eigenvalue weighted by atomic mass is 16.5. The first-order valence-corrected chi connectivity index (χ1v) is 16.0. The average Bonchev–Trinajstić information content (AvgIpc) is 2.99. The van der Waals surface area contributed by atoms with Crippen molar-refractivity contribution in [2.45, 2.75) is 78.3 Å². The molecule has 2 N–H and O–H groups in total. The summed E-state index contributed by atoms with van der Waals surface area (Å²) in [5, 5.41) is 3.07. The molecule has 0 unspecified atom stereocenters. The van der Waals surface area contributed by atoms with E-state index in [9.17, 15) is 9.59 Å². The number of H-pyrrole nitrogens is 1. The highest BCUT2D eigenvalue weighted by Gasteiger charge is 2.26. The summed E-state index contributed by atoms with van der Waals surface area (Å²) in [7, 11) is 2.35. The molecule has 43 heavy (non-hydrogen) atoms. The van der Waals surface area contributed by atoms with Crippen molar-refractivity contribution < 1.29 is 9.53 Å². The second-order valence-electron chi connectivity index (χ2n) is 12.6. The minimum absolute atomic E-state index is 0.148. The Hall–Kier alpha value is -3.36. The summed E-state index contributed by atoms with van der Waals surface area (Å²) in [5.74, 6) is 0.616. The normalized spacial score (nSPS) is 19.3. The van der Waals surface area contributed by atoms with Gasteiger partial charge in [-0.05, 0) is 86.6 Å². The second-order valence-corrected chi connectivity index (χ2v) is 12.6. The summed E-state index contributed by atoms with van der Waals surface area (Å²) in [4.78, 5) is 34.2. The van der Waals surface area contributed by atoms with Gasteiger partial charge in [0.15, 0.2) is 0 Å². The second kappa shape index (κ2) is 14.0. The number of anilines is 1. The zero-order valence-electron chi connectivity index (χ0n) is 26.6. The van der Waals surface area contributed by atoms with E-state index in [0.29, 0.717) is 17.2 Å². The molecule has 0 spiro atoms. The number of morpholine rings is 1. The summed E-state index contributed by atoms with van der Waals surface area (Å²) in [6.07, 6.45) is 4.82. The van der Waals surface area contributed by atoms with Crippen molar-refractivity contribution in [3.63, 3.8) is 0 Å². The van der Waals surface area contributed by atoms with Gasteiger partial charge in [-0.25, -0.2) is 0 Å². The SMILES string of the molecule is BC1CCC(N(CC)c2cc(-c3ccc(CN4CCOCC4)cc3)cc(C(=O)NCc3c(C)cc(C)[nH]c3=O)c2C)CC1. The van der Waals surface area contributed by atoms with Gasteiger partial charge < -0.3 is 19.9 Å². The maximum Gasteiger partial charge on any atom is 0.253 e. The largest absolute Gasteiger partial charge is 0.379 e. The lowest BCUT2D eigenvalue weighted by Gasteiger charge is -2.38. The Labute approximate surface area is 257 Å². The highest BCUT2D eigenvalue weighted by Crippen LogP contribution is 2.37. The van der Waals surface area contributed by atoms with Crippen molar-refractivity contribution in [1.29, 1.82) is 0 Å². The molecule has 2 aliphatic rings. The van der Waals surface area contributed by atoms with E-state index in [1.165, 1.54) is 31.2 Å². The molecule has 1 aliphatic carbocycles. The number of benzene rings is 2. The Bertz CT molecular complexity index is 1470. The van der Waals surface area contributed by atoms with Crippen LogP contribution in [0.3, 0.4) is 0 Å². The Balaban J connectivity index is 1.46. The maximum atomic E-state index is 13.8. The fraction of sp³-hybridized carbons (Fsp3) is 0.486. The van der Waals surface area contributed by atoms with Gasteiger partial charge in [-0.15, -0.1) is 0 Å². The zero-order valence-corrected chi connectivity index (χ0v) is 26.6. The van der Waals surface area contributed by atoms with Crippen LogP contribution in [0.5, 0.6) is 0 Å². The van der Waals surface area contributed by atoms with Crippen LogP contribution in [0.2, 0.25) is 5.82 Å². The molecule has 1 amide bonds. The van der Waals surface area contributed by atoms with Gasteiger partial charge in [-0.1, -0.05) is 42.9 Å². The lowest BCUT2D eigenvalue weighted by atomic mass is 9.73. The van der Waals surface area contributed by atoms with Crippen LogP contribution in [0.15, 0.2) is 47.3 Å². The first kappa shape index (κ1) is 31.1. The Morgan fingerprint density at radius 2 is 1.72 bits per heavy atom. The lowest BCUT2D eigenvalue weighted by Crippen LogP contribution is -2.38. The monoisotopic (exact) mass is 582 g/mol. The van der Waals surface area contributed by atoms with E-state index in [4.69, 9.17) is 4.74 Å². The lowest BCUT2D eigenvalue weighted by molar-refractivity contribution is 0.0342. The van der Waals surface area contributed by atoms with Gasteiger partial charge in [0, 0.05) is 61.3 Å². The quantitative estimate of drug-likeness (QED) is 0.351. The fourth-order valence-electron chi connectivity index (χ4n) is 6.76. The summed E-state index contributed by atoms with van der Waals surface area (Å²) < 4.78 is 5.51. The van der Waals surface area contributed by atoms with E-state index in [1.807, 2.05) is 26.0 Å². The number of carbonyl (C=O) groups excluding carboxylic acids is 1. The van der Waals surface area contributed by atoms with E-state index >= 15 is 0 Å². The Morgan fingerprint density at radius 3 is 2.37 bits per heavy atom. The molecule has 1 saturated carbocycles. The minimum atomic E-state index is -0.155. The van der Waals surface area contributed by atoms with E-state index in [0.717, 1.165) is 78.8 Å². The number of aryl methyl sites for hydroxylation is 2. The minimum Gasteiger partial charge on any atom is -0.379 e. The fourth-order valence-corrected chi connectivity index (χ4v) is 6.76. The third-order valence-electron chi connectivity index (χ3n) is 9.42. The number of nitrogens with one attached hydrogen (secondary N) is 2. The molecule has 1 aliphatic heterocycles. The van der Waals surface area contributed by atoms with Crippen molar-refractivity contribution in [3.05, 3.63) is 86.3 Å². The van der Waals surface area contributed by atoms with Gasteiger partial charge in [-0.2, -0.15) is 0 Å². The van der Waals surface area contributed by atoms with Crippen LogP contribution in [0.4, 0.5) is 5.69 Å². The molecule has 228 valence electrons. The molecule has 8 heteroatoms. The predicted molar refractivity (Wildman–Crippen MR) is 178 cm³/mol. The molecule has 1 saturated heterocycles. The molecule has 2 aromatic carbocycles. The maximum absolute atomic E-state index is 13.8. The highest BCUT2D eigenvalue weighted by molar-refractivity contribution is 6.11.